The smallest absolute Gasteiger partial charge is 0.125 e. The largest absolute Gasteiger partial charge is 0.497 e. The summed E-state index contributed by atoms with van der Waals surface area (Å²) >= 11 is 3.26. The van der Waals surface area contributed by atoms with E-state index in [4.69, 9.17) is 9.47 Å². The molecule has 0 saturated carbocycles. The molecule has 0 amide bonds. The van der Waals surface area contributed by atoms with Gasteiger partial charge in [-0.2, -0.15) is 0 Å². The van der Waals surface area contributed by atoms with Crippen molar-refractivity contribution in [1.29, 1.82) is 0 Å². The molecule has 0 spiro atoms. The lowest BCUT2D eigenvalue weighted by Gasteiger charge is -2.17. The molecule has 0 aliphatic carbocycles. The van der Waals surface area contributed by atoms with Gasteiger partial charge in [-0.3, -0.25) is 0 Å². The van der Waals surface area contributed by atoms with Crippen molar-refractivity contribution in [2.45, 2.75) is 6.10 Å². The summed E-state index contributed by atoms with van der Waals surface area (Å²) < 4.78 is 24.0. The summed E-state index contributed by atoms with van der Waals surface area (Å²) in [6, 6.07) is 9.30. The highest BCUT2D eigenvalue weighted by Gasteiger charge is 2.19. The Morgan fingerprint density at radius 2 is 1.80 bits per heavy atom. The van der Waals surface area contributed by atoms with Gasteiger partial charge in [0.15, 0.2) is 0 Å². The number of rotatable bonds is 4. The van der Waals surface area contributed by atoms with E-state index < -0.39 is 6.10 Å². The summed E-state index contributed by atoms with van der Waals surface area (Å²) in [6.45, 7) is 0. The van der Waals surface area contributed by atoms with Crippen LogP contribution in [0.1, 0.15) is 17.2 Å². The minimum absolute atomic E-state index is 0.370. The van der Waals surface area contributed by atoms with Gasteiger partial charge in [-0.25, -0.2) is 4.39 Å². The number of hydrogen-bond acceptors (Lipinski definition) is 3. The molecule has 2 rings (SSSR count). The van der Waals surface area contributed by atoms with Gasteiger partial charge < -0.3 is 14.6 Å². The number of aliphatic hydroxyl groups excluding tert-OH is 1. The van der Waals surface area contributed by atoms with E-state index in [9.17, 15) is 9.50 Å². The third-order valence-corrected chi connectivity index (χ3v) is 3.68. The van der Waals surface area contributed by atoms with Crippen LogP contribution < -0.4 is 9.47 Å². The van der Waals surface area contributed by atoms with Crippen molar-refractivity contribution in [2.24, 2.45) is 0 Å². The van der Waals surface area contributed by atoms with E-state index in [1.54, 1.807) is 25.3 Å². The predicted octanol–water partition coefficient (Wildman–Crippen LogP) is 3.69. The molecule has 0 aromatic heterocycles. The molecule has 106 valence electrons. The van der Waals surface area contributed by atoms with E-state index in [0.717, 1.165) is 0 Å². The van der Waals surface area contributed by atoms with Crippen molar-refractivity contribution in [2.75, 3.05) is 14.2 Å². The molecule has 0 fully saturated rings. The van der Waals surface area contributed by atoms with Crippen molar-refractivity contribution in [3.8, 4) is 11.5 Å². The zero-order valence-electron chi connectivity index (χ0n) is 11.1. The van der Waals surface area contributed by atoms with E-state index >= 15 is 0 Å². The van der Waals surface area contributed by atoms with E-state index in [1.165, 1.54) is 25.3 Å². The van der Waals surface area contributed by atoms with E-state index in [1.807, 2.05) is 0 Å². The Morgan fingerprint density at radius 3 is 2.40 bits per heavy atom. The molecule has 0 radical (unpaired) electrons. The average molecular weight is 341 g/mol. The second kappa shape index (κ2) is 6.24. The maximum absolute atomic E-state index is 13.1. The van der Waals surface area contributed by atoms with Gasteiger partial charge in [0.25, 0.3) is 0 Å². The second-order valence-electron chi connectivity index (χ2n) is 4.18. The molecule has 0 aliphatic heterocycles. The van der Waals surface area contributed by atoms with Crippen LogP contribution >= 0.6 is 15.9 Å². The molecule has 1 N–H and O–H groups in total. The molecular formula is C15H14BrFO3. The fraction of sp³-hybridized carbons (Fsp3) is 0.200. The van der Waals surface area contributed by atoms with Gasteiger partial charge >= 0.3 is 0 Å². The molecule has 1 unspecified atom stereocenters. The lowest BCUT2D eigenvalue weighted by molar-refractivity contribution is 0.213. The fourth-order valence-corrected chi connectivity index (χ4v) is 2.51. The van der Waals surface area contributed by atoms with Crippen LogP contribution in [0.2, 0.25) is 0 Å². The highest BCUT2D eigenvalue weighted by Crippen LogP contribution is 2.35. The maximum Gasteiger partial charge on any atom is 0.125 e. The molecular weight excluding hydrogens is 327 g/mol. The Kier molecular flexibility index (Phi) is 4.62. The SMILES string of the molecule is COc1ccc(OC)c(C(O)c2ccc(F)cc2Br)c1. The van der Waals surface area contributed by atoms with Gasteiger partial charge in [-0.05, 0) is 35.9 Å². The van der Waals surface area contributed by atoms with Crippen LogP contribution in [-0.4, -0.2) is 19.3 Å². The molecule has 0 saturated heterocycles. The van der Waals surface area contributed by atoms with Crippen molar-refractivity contribution in [1.82, 2.24) is 0 Å². The minimum atomic E-state index is -0.949. The monoisotopic (exact) mass is 340 g/mol. The van der Waals surface area contributed by atoms with Crippen LogP contribution in [0.15, 0.2) is 40.9 Å². The first-order valence-corrected chi connectivity index (χ1v) is 6.71. The number of ether oxygens (including phenoxy) is 2. The molecule has 1 atom stereocenters. The Labute approximate surface area is 125 Å². The summed E-state index contributed by atoms with van der Waals surface area (Å²) in [6.07, 6.45) is -0.949. The Hall–Kier alpha value is -1.59. The number of aliphatic hydroxyl groups is 1. The quantitative estimate of drug-likeness (QED) is 0.922. The van der Waals surface area contributed by atoms with Crippen LogP contribution in [0.25, 0.3) is 0 Å². The summed E-state index contributed by atoms with van der Waals surface area (Å²) in [5.74, 6) is 0.776. The van der Waals surface area contributed by atoms with Crippen molar-refractivity contribution in [3.05, 3.63) is 57.8 Å². The number of halogens is 2. The standard InChI is InChI=1S/C15H14BrFO3/c1-19-10-4-6-14(20-2)12(8-10)15(18)11-5-3-9(17)7-13(11)16/h3-8,15,18H,1-2H3. The molecule has 2 aromatic carbocycles. The Balaban J connectivity index is 2.48. The molecule has 2 aromatic rings. The Morgan fingerprint density at radius 1 is 1.05 bits per heavy atom. The fourth-order valence-electron chi connectivity index (χ4n) is 1.94. The Bertz CT molecular complexity index is 616. The third kappa shape index (κ3) is 2.94. The van der Waals surface area contributed by atoms with Gasteiger partial charge in [0.2, 0.25) is 0 Å². The van der Waals surface area contributed by atoms with Gasteiger partial charge in [0.05, 0.1) is 14.2 Å². The first-order chi connectivity index (χ1) is 9.56. The van der Waals surface area contributed by atoms with Gasteiger partial charge in [0.1, 0.15) is 23.4 Å². The van der Waals surface area contributed by atoms with Crippen molar-refractivity contribution in [3.63, 3.8) is 0 Å². The lowest BCUT2D eigenvalue weighted by Crippen LogP contribution is -2.04. The zero-order chi connectivity index (χ0) is 14.7. The van der Waals surface area contributed by atoms with Gasteiger partial charge in [0, 0.05) is 10.0 Å². The van der Waals surface area contributed by atoms with Crippen LogP contribution in [0.4, 0.5) is 4.39 Å². The lowest BCUT2D eigenvalue weighted by atomic mass is 10.0. The summed E-state index contributed by atoms with van der Waals surface area (Å²) in [5.41, 5.74) is 1.11. The van der Waals surface area contributed by atoms with Crippen molar-refractivity contribution >= 4 is 15.9 Å². The molecule has 5 heteroatoms. The normalized spacial score (nSPS) is 12.1. The molecule has 3 nitrogen and oxygen atoms in total. The number of hydrogen-bond donors (Lipinski definition) is 1. The topological polar surface area (TPSA) is 38.7 Å². The first kappa shape index (κ1) is 14.8. The summed E-state index contributed by atoms with van der Waals surface area (Å²) in [7, 11) is 3.07. The minimum Gasteiger partial charge on any atom is -0.497 e. The van der Waals surface area contributed by atoms with Gasteiger partial charge in [-0.15, -0.1) is 0 Å². The highest BCUT2D eigenvalue weighted by molar-refractivity contribution is 9.10. The van der Waals surface area contributed by atoms with E-state index in [2.05, 4.69) is 15.9 Å². The van der Waals surface area contributed by atoms with Crippen LogP contribution in [0, 0.1) is 5.82 Å². The van der Waals surface area contributed by atoms with E-state index in [0.29, 0.717) is 27.1 Å². The molecule has 0 aliphatic rings. The third-order valence-electron chi connectivity index (χ3n) is 2.99. The van der Waals surface area contributed by atoms with Gasteiger partial charge in [-0.1, -0.05) is 22.0 Å². The van der Waals surface area contributed by atoms with Crippen LogP contribution in [0.5, 0.6) is 11.5 Å². The number of benzene rings is 2. The zero-order valence-corrected chi connectivity index (χ0v) is 12.6. The van der Waals surface area contributed by atoms with Crippen molar-refractivity contribution < 1.29 is 19.0 Å². The highest BCUT2D eigenvalue weighted by atomic mass is 79.9. The summed E-state index contributed by atoms with van der Waals surface area (Å²) in [5, 5.41) is 10.5. The number of methoxy groups -OCH3 is 2. The first-order valence-electron chi connectivity index (χ1n) is 5.91. The van der Waals surface area contributed by atoms with Crippen LogP contribution in [0.3, 0.4) is 0 Å². The molecule has 0 heterocycles. The average Bonchev–Trinajstić information content (AvgIpc) is 2.46. The van der Waals surface area contributed by atoms with Crippen LogP contribution in [-0.2, 0) is 0 Å². The molecule has 20 heavy (non-hydrogen) atoms. The second-order valence-corrected chi connectivity index (χ2v) is 5.03. The predicted molar refractivity (Wildman–Crippen MR) is 77.7 cm³/mol. The molecule has 0 bridgehead atoms. The summed E-state index contributed by atoms with van der Waals surface area (Å²) in [4.78, 5) is 0. The van der Waals surface area contributed by atoms with E-state index in [-0.39, 0.29) is 5.82 Å². The maximum atomic E-state index is 13.1.